The monoisotopic (exact) mass is 300 g/mol. The molecule has 0 spiro atoms. The molecule has 2 rings (SSSR count). The van der Waals surface area contributed by atoms with Gasteiger partial charge < -0.3 is 5.32 Å². The maximum atomic E-state index is 12.6. The number of sulfone groups is 1. The van der Waals surface area contributed by atoms with Gasteiger partial charge in [-0.1, -0.05) is 0 Å². The second-order valence-electron chi connectivity index (χ2n) is 5.23. The topological polar surface area (TPSA) is 67.2 Å². The van der Waals surface area contributed by atoms with Crippen LogP contribution >= 0.6 is 0 Å². The normalized spacial score (nSPS) is 17.6. The van der Waals surface area contributed by atoms with Crippen molar-refractivity contribution in [1.82, 2.24) is 20.0 Å². The van der Waals surface area contributed by atoms with Gasteiger partial charge in [-0.2, -0.15) is 5.10 Å². The fraction of sp³-hybridized carbons (Fsp3) is 0.769. The Morgan fingerprint density at radius 1 is 1.25 bits per heavy atom. The molecule has 6 nitrogen and oxygen atoms in total. The highest BCUT2D eigenvalue weighted by atomic mass is 32.2. The molecule has 20 heavy (non-hydrogen) atoms. The average Bonchev–Trinajstić information content (AvgIpc) is 2.73. The van der Waals surface area contributed by atoms with Crippen LogP contribution in [0.15, 0.2) is 4.90 Å². The number of hydrogen-bond acceptors (Lipinski definition) is 5. The van der Waals surface area contributed by atoms with Crippen LogP contribution < -0.4 is 5.32 Å². The van der Waals surface area contributed by atoms with Crippen LogP contribution in [0, 0.1) is 13.8 Å². The van der Waals surface area contributed by atoms with Crippen LogP contribution in [0.4, 0.5) is 0 Å². The van der Waals surface area contributed by atoms with Gasteiger partial charge in [0.1, 0.15) is 4.90 Å². The summed E-state index contributed by atoms with van der Waals surface area (Å²) in [6.45, 7) is 10.6. The largest absolute Gasteiger partial charge is 0.314 e. The van der Waals surface area contributed by atoms with E-state index < -0.39 is 9.84 Å². The SMILES string of the molecule is CCn1nc(C)c(S(=O)(=O)CCN2CCNCC2)c1C. The Balaban J connectivity index is 2.12. The number of nitrogens with zero attached hydrogens (tertiary/aromatic N) is 3. The van der Waals surface area contributed by atoms with E-state index in [-0.39, 0.29) is 5.75 Å². The molecule has 0 saturated carbocycles. The van der Waals surface area contributed by atoms with Crippen LogP contribution in [0.1, 0.15) is 18.3 Å². The van der Waals surface area contributed by atoms with Gasteiger partial charge in [-0.3, -0.25) is 9.58 Å². The first-order valence-electron chi connectivity index (χ1n) is 7.15. The maximum absolute atomic E-state index is 12.6. The quantitative estimate of drug-likeness (QED) is 0.841. The Hall–Kier alpha value is -0.920. The summed E-state index contributed by atoms with van der Waals surface area (Å²) in [6, 6.07) is 0. The van der Waals surface area contributed by atoms with E-state index in [1.54, 1.807) is 11.6 Å². The first kappa shape index (κ1) is 15.5. The van der Waals surface area contributed by atoms with Gasteiger partial charge >= 0.3 is 0 Å². The Labute approximate surface area is 121 Å². The van der Waals surface area contributed by atoms with Gasteiger partial charge in [-0.15, -0.1) is 0 Å². The highest BCUT2D eigenvalue weighted by molar-refractivity contribution is 7.91. The van der Waals surface area contributed by atoms with Crippen molar-refractivity contribution >= 4 is 9.84 Å². The molecule has 0 unspecified atom stereocenters. The van der Waals surface area contributed by atoms with Crippen molar-refractivity contribution in [3.63, 3.8) is 0 Å². The molecule has 7 heteroatoms. The summed E-state index contributed by atoms with van der Waals surface area (Å²) in [6.07, 6.45) is 0. The minimum absolute atomic E-state index is 0.171. The number of aryl methyl sites for hydroxylation is 2. The lowest BCUT2D eigenvalue weighted by atomic mass is 10.4. The van der Waals surface area contributed by atoms with Crippen LogP contribution in [0.3, 0.4) is 0 Å². The summed E-state index contributed by atoms with van der Waals surface area (Å²) in [7, 11) is -3.26. The van der Waals surface area contributed by atoms with Gasteiger partial charge in [0.05, 0.1) is 17.1 Å². The molecular formula is C13H24N4O2S. The summed E-state index contributed by atoms with van der Waals surface area (Å²) in [4.78, 5) is 2.62. The lowest BCUT2D eigenvalue weighted by molar-refractivity contribution is 0.254. The van der Waals surface area contributed by atoms with Crippen molar-refractivity contribution in [2.75, 3.05) is 38.5 Å². The van der Waals surface area contributed by atoms with Gasteiger partial charge in [-0.05, 0) is 20.8 Å². The second kappa shape index (κ2) is 6.24. The molecule has 1 aliphatic rings. The summed E-state index contributed by atoms with van der Waals surface area (Å²) in [5, 5.41) is 7.57. The lowest BCUT2D eigenvalue weighted by Gasteiger charge is -2.26. The van der Waals surface area contributed by atoms with E-state index in [0.717, 1.165) is 31.9 Å². The standard InChI is InChI=1S/C13H24N4O2S/c1-4-17-12(3)13(11(2)15-17)20(18,19)10-9-16-7-5-14-6-8-16/h14H,4-10H2,1-3H3. The third kappa shape index (κ3) is 3.21. The van der Waals surface area contributed by atoms with Crippen molar-refractivity contribution in [3.05, 3.63) is 11.4 Å². The van der Waals surface area contributed by atoms with E-state index in [4.69, 9.17) is 0 Å². The Morgan fingerprint density at radius 2 is 1.90 bits per heavy atom. The van der Waals surface area contributed by atoms with E-state index in [1.807, 2.05) is 13.8 Å². The molecule has 2 heterocycles. The molecule has 0 aliphatic carbocycles. The molecule has 1 N–H and O–H groups in total. The summed E-state index contributed by atoms with van der Waals surface area (Å²) < 4.78 is 26.9. The van der Waals surface area contributed by atoms with E-state index in [1.165, 1.54) is 0 Å². The Morgan fingerprint density at radius 3 is 2.45 bits per heavy atom. The zero-order valence-electron chi connectivity index (χ0n) is 12.5. The average molecular weight is 300 g/mol. The van der Waals surface area contributed by atoms with Crippen LogP contribution in [-0.4, -0.2) is 61.6 Å². The van der Waals surface area contributed by atoms with Crippen molar-refractivity contribution in [1.29, 1.82) is 0 Å². The number of rotatable bonds is 5. The molecule has 1 aromatic heterocycles. The molecular weight excluding hydrogens is 276 g/mol. The fourth-order valence-electron chi connectivity index (χ4n) is 2.72. The minimum Gasteiger partial charge on any atom is -0.314 e. The minimum atomic E-state index is -3.26. The van der Waals surface area contributed by atoms with Crippen molar-refractivity contribution < 1.29 is 8.42 Å². The number of nitrogens with one attached hydrogen (secondary N) is 1. The molecule has 0 amide bonds. The molecule has 114 valence electrons. The zero-order valence-corrected chi connectivity index (χ0v) is 13.3. The van der Waals surface area contributed by atoms with Gasteiger partial charge in [-0.25, -0.2) is 8.42 Å². The smallest absolute Gasteiger partial charge is 0.183 e. The van der Waals surface area contributed by atoms with Gasteiger partial charge in [0, 0.05) is 39.3 Å². The second-order valence-corrected chi connectivity index (χ2v) is 7.27. The number of piperazine rings is 1. The maximum Gasteiger partial charge on any atom is 0.183 e. The van der Waals surface area contributed by atoms with E-state index in [9.17, 15) is 8.42 Å². The molecule has 1 saturated heterocycles. The summed E-state index contributed by atoms with van der Waals surface area (Å²) in [5.41, 5.74) is 1.37. The van der Waals surface area contributed by atoms with Gasteiger partial charge in [0.25, 0.3) is 0 Å². The third-order valence-electron chi connectivity index (χ3n) is 3.81. The zero-order chi connectivity index (χ0) is 14.8. The van der Waals surface area contributed by atoms with E-state index >= 15 is 0 Å². The predicted octanol–water partition coefficient (Wildman–Crippen LogP) is 0.199. The summed E-state index contributed by atoms with van der Waals surface area (Å²) >= 11 is 0. The van der Waals surface area contributed by atoms with Crippen molar-refractivity contribution in [3.8, 4) is 0 Å². The molecule has 0 radical (unpaired) electrons. The van der Waals surface area contributed by atoms with E-state index in [0.29, 0.717) is 23.7 Å². The van der Waals surface area contributed by atoms with Crippen molar-refractivity contribution in [2.24, 2.45) is 0 Å². The number of hydrogen-bond donors (Lipinski definition) is 1. The lowest BCUT2D eigenvalue weighted by Crippen LogP contribution is -2.45. The van der Waals surface area contributed by atoms with Gasteiger partial charge in [0.15, 0.2) is 9.84 Å². The van der Waals surface area contributed by atoms with Crippen molar-refractivity contribution in [2.45, 2.75) is 32.2 Å². The van der Waals surface area contributed by atoms with Crippen LogP contribution in [0.5, 0.6) is 0 Å². The molecule has 1 aromatic rings. The van der Waals surface area contributed by atoms with Crippen LogP contribution in [0.2, 0.25) is 0 Å². The predicted molar refractivity (Wildman–Crippen MR) is 78.7 cm³/mol. The Kier molecular flexibility index (Phi) is 4.82. The highest BCUT2D eigenvalue weighted by Gasteiger charge is 2.25. The summed E-state index contributed by atoms with van der Waals surface area (Å²) in [5.74, 6) is 0.171. The molecule has 1 fully saturated rings. The third-order valence-corrected chi connectivity index (χ3v) is 5.74. The first-order valence-corrected chi connectivity index (χ1v) is 8.80. The first-order chi connectivity index (χ1) is 9.45. The molecule has 0 aromatic carbocycles. The molecule has 1 aliphatic heterocycles. The Bertz CT molecular complexity index is 559. The molecule has 0 bridgehead atoms. The van der Waals surface area contributed by atoms with E-state index in [2.05, 4.69) is 15.3 Å². The van der Waals surface area contributed by atoms with Crippen LogP contribution in [-0.2, 0) is 16.4 Å². The number of aromatic nitrogens is 2. The highest BCUT2D eigenvalue weighted by Crippen LogP contribution is 2.20. The van der Waals surface area contributed by atoms with Gasteiger partial charge in [0.2, 0.25) is 0 Å². The fourth-order valence-corrected chi connectivity index (χ4v) is 4.47. The molecule has 0 atom stereocenters. The van der Waals surface area contributed by atoms with Crippen LogP contribution in [0.25, 0.3) is 0 Å².